The largest absolute Gasteiger partial charge is 0.368 e. The Hall–Kier alpha value is -2.31. The van der Waals surface area contributed by atoms with E-state index in [9.17, 15) is 14.9 Å². The molecule has 1 aliphatic carbocycles. The van der Waals surface area contributed by atoms with E-state index in [0.717, 1.165) is 31.6 Å². The summed E-state index contributed by atoms with van der Waals surface area (Å²) in [6.07, 6.45) is 2.18. The Labute approximate surface area is 122 Å². The van der Waals surface area contributed by atoms with Crippen molar-refractivity contribution in [3.63, 3.8) is 0 Å². The monoisotopic (exact) mass is 290 g/mol. The van der Waals surface area contributed by atoms with Gasteiger partial charge in [0.15, 0.2) is 0 Å². The number of carbonyl (C=O) groups is 1. The number of amides is 2. The number of benzene rings is 1. The fourth-order valence-corrected chi connectivity index (χ4v) is 2.45. The SMILES string of the molecule is O=C(NC1CC1)N1CCN(c2ccc([N+](=O)[O-])cc2)CC1. The van der Waals surface area contributed by atoms with Gasteiger partial charge < -0.3 is 15.1 Å². The number of hydrogen-bond acceptors (Lipinski definition) is 4. The molecule has 1 saturated heterocycles. The first-order valence-corrected chi connectivity index (χ1v) is 7.18. The van der Waals surface area contributed by atoms with E-state index in [1.54, 1.807) is 12.1 Å². The topological polar surface area (TPSA) is 78.7 Å². The lowest BCUT2D eigenvalue weighted by atomic mass is 10.2. The van der Waals surface area contributed by atoms with Gasteiger partial charge in [-0.3, -0.25) is 10.1 Å². The van der Waals surface area contributed by atoms with E-state index in [1.165, 1.54) is 12.1 Å². The standard InChI is InChI=1S/C14H18N4O3/c19-14(15-11-1-2-11)17-9-7-16(8-10-17)12-3-5-13(6-4-12)18(20)21/h3-6,11H,1-2,7-10H2,(H,15,19). The van der Waals surface area contributed by atoms with Crippen LogP contribution in [0.2, 0.25) is 0 Å². The van der Waals surface area contributed by atoms with Gasteiger partial charge in [-0.2, -0.15) is 0 Å². The molecular weight excluding hydrogens is 272 g/mol. The summed E-state index contributed by atoms with van der Waals surface area (Å²) in [6, 6.07) is 6.96. The zero-order valence-electron chi connectivity index (χ0n) is 11.7. The summed E-state index contributed by atoms with van der Waals surface area (Å²) in [5.74, 6) is 0. The number of nitro groups is 1. The van der Waals surface area contributed by atoms with Gasteiger partial charge in [0.2, 0.25) is 0 Å². The molecule has 7 nitrogen and oxygen atoms in total. The molecule has 21 heavy (non-hydrogen) atoms. The highest BCUT2D eigenvalue weighted by Crippen LogP contribution is 2.22. The number of piperazine rings is 1. The molecular formula is C14H18N4O3. The van der Waals surface area contributed by atoms with Crippen LogP contribution in [-0.2, 0) is 0 Å². The third kappa shape index (κ3) is 3.24. The second-order valence-electron chi connectivity index (χ2n) is 5.47. The number of nitrogens with one attached hydrogen (secondary N) is 1. The molecule has 0 atom stereocenters. The molecule has 7 heteroatoms. The molecule has 1 aliphatic heterocycles. The predicted molar refractivity (Wildman–Crippen MR) is 78.4 cm³/mol. The average Bonchev–Trinajstić information content (AvgIpc) is 3.31. The number of carbonyl (C=O) groups excluding carboxylic acids is 1. The van der Waals surface area contributed by atoms with Crippen molar-refractivity contribution >= 4 is 17.4 Å². The van der Waals surface area contributed by atoms with Crippen molar-refractivity contribution in [1.82, 2.24) is 10.2 Å². The maximum absolute atomic E-state index is 11.9. The van der Waals surface area contributed by atoms with Gasteiger partial charge in [0.1, 0.15) is 0 Å². The summed E-state index contributed by atoms with van der Waals surface area (Å²) >= 11 is 0. The minimum atomic E-state index is -0.399. The Balaban J connectivity index is 1.54. The van der Waals surface area contributed by atoms with Crippen LogP contribution in [0.3, 0.4) is 0 Å². The summed E-state index contributed by atoms with van der Waals surface area (Å²) in [5, 5.41) is 13.6. The van der Waals surface area contributed by atoms with Crippen molar-refractivity contribution in [3.05, 3.63) is 34.4 Å². The van der Waals surface area contributed by atoms with Gasteiger partial charge in [-0.1, -0.05) is 0 Å². The fourth-order valence-electron chi connectivity index (χ4n) is 2.45. The number of rotatable bonds is 3. The normalized spacial score (nSPS) is 18.5. The summed E-state index contributed by atoms with van der Waals surface area (Å²) in [4.78, 5) is 26.2. The van der Waals surface area contributed by atoms with Crippen LogP contribution in [0.25, 0.3) is 0 Å². The highest BCUT2D eigenvalue weighted by molar-refractivity contribution is 5.75. The molecule has 2 aliphatic rings. The summed E-state index contributed by atoms with van der Waals surface area (Å²) in [5.41, 5.74) is 1.06. The second kappa shape index (κ2) is 5.59. The molecule has 2 amide bonds. The molecule has 0 spiro atoms. The first kappa shape index (κ1) is 13.7. The molecule has 0 unspecified atom stereocenters. The van der Waals surface area contributed by atoms with Crippen LogP contribution in [0.5, 0.6) is 0 Å². The summed E-state index contributed by atoms with van der Waals surface area (Å²) in [6.45, 7) is 2.84. The Morgan fingerprint density at radius 2 is 1.76 bits per heavy atom. The van der Waals surface area contributed by atoms with E-state index >= 15 is 0 Å². The van der Waals surface area contributed by atoms with E-state index in [-0.39, 0.29) is 11.7 Å². The Bertz CT molecular complexity index is 534. The Kier molecular flexibility index (Phi) is 3.64. The number of urea groups is 1. The second-order valence-corrected chi connectivity index (χ2v) is 5.47. The molecule has 0 bridgehead atoms. The van der Waals surface area contributed by atoms with E-state index in [2.05, 4.69) is 10.2 Å². The first-order chi connectivity index (χ1) is 10.1. The highest BCUT2D eigenvalue weighted by Gasteiger charge is 2.27. The molecule has 2 fully saturated rings. The number of non-ortho nitro benzene ring substituents is 1. The van der Waals surface area contributed by atoms with E-state index in [0.29, 0.717) is 19.1 Å². The van der Waals surface area contributed by atoms with Gasteiger partial charge in [-0.25, -0.2) is 4.79 Å². The predicted octanol–water partition coefficient (Wildman–Crippen LogP) is 1.59. The fraction of sp³-hybridized carbons (Fsp3) is 0.500. The zero-order chi connectivity index (χ0) is 14.8. The number of nitro benzene ring substituents is 1. The Morgan fingerprint density at radius 1 is 1.14 bits per heavy atom. The van der Waals surface area contributed by atoms with Gasteiger partial charge in [0, 0.05) is 50.0 Å². The van der Waals surface area contributed by atoms with Crippen LogP contribution in [0.15, 0.2) is 24.3 Å². The van der Waals surface area contributed by atoms with Gasteiger partial charge in [-0.15, -0.1) is 0 Å². The minimum absolute atomic E-state index is 0.0286. The highest BCUT2D eigenvalue weighted by atomic mass is 16.6. The molecule has 1 aromatic rings. The van der Waals surface area contributed by atoms with Gasteiger partial charge >= 0.3 is 6.03 Å². The first-order valence-electron chi connectivity index (χ1n) is 7.18. The zero-order valence-corrected chi connectivity index (χ0v) is 11.7. The number of nitrogens with zero attached hydrogens (tertiary/aromatic N) is 3. The molecule has 3 rings (SSSR count). The average molecular weight is 290 g/mol. The molecule has 112 valence electrons. The minimum Gasteiger partial charge on any atom is -0.368 e. The van der Waals surface area contributed by atoms with Crippen molar-refractivity contribution < 1.29 is 9.72 Å². The van der Waals surface area contributed by atoms with Crippen LogP contribution in [0.4, 0.5) is 16.2 Å². The molecule has 0 aromatic heterocycles. The van der Waals surface area contributed by atoms with E-state index < -0.39 is 4.92 Å². The quantitative estimate of drug-likeness (QED) is 0.677. The number of hydrogen-bond donors (Lipinski definition) is 1. The van der Waals surface area contributed by atoms with E-state index in [1.807, 2.05) is 4.90 Å². The van der Waals surface area contributed by atoms with Crippen molar-refractivity contribution in [3.8, 4) is 0 Å². The molecule has 1 N–H and O–H groups in total. The van der Waals surface area contributed by atoms with Crippen LogP contribution < -0.4 is 10.2 Å². The molecule has 1 heterocycles. The van der Waals surface area contributed by atoms with Crippen LogP contribution in [0.1, 0.15) is 12.8 Å². The van der Waals surface area contributed by atoms with Gasteiger partial charge in [0.25, 0.3) is 5.69 Å². The van der Waals surface area contributed by atoms with Crippen LogP contribution in [0, 0.1) is 10.1 Å². The van der Waals surface area contributed by atoms with Crippen LogP contribution >= 0.6 is 0 Å². The van der Waals surface area contributed by atoms with Crippen molar-refractivity contribution in [2.24, 2.45) is 0 Å². The molecule has 1 aromatic carbocycles. The lowest BCUT2D eigenvalue weighted by Gasteiger charge is -2.36. The van der Waals surface area contributed by atoms with E-state index in [4.69, 9.17) is 0 Å². The van der Waals surface area contributed by atoms with Crippen LogP contribution in [-0.4, -0.2) is 48.1 Å². The molecule has 0 radical (unpaired) electrons. The lowest BCUT2D eigenvalue weighted by Crippen LogP contribution is -2.52. The summed E-state index contributed by atoms with van der Waals surface area (Å²) in [7, 11) is 0. The lowest BCUT2D eigenvalue weighted by molar-refractivity contribution is -0.384. The van der Waals surface area contributed by atoms with Crippen molar-refractivity contribution in [2.45, 2.75) is 18.9 Å². The smallest absolute Gasteiger partial charge is 0.317 e. The van der Waals surface area contributed by atoms with Crippen molar-refractivity contribution in [2.75, 3.05) is 31.1 Å². The van der Waals surface area contributed by atoms with Gasteiger partial charge in [-0.05, 0) is 25.0 Å². The Morgan fingerprint density at radius 3 is 2.29 bits per heavy atom. The maximum atomic E-state index is 11.9. The summed E-state index contributed by atoms with van der Waals surface area (Å²) < 4.78 is 0. The van der Waals surface area contributed by atoms with Crippen molar-refractivity contribution in [1.29, 1.82) is 0 Å². The molecule has 1 saturated carbocycles. The third-order valence-corrected chi connectivity index (χ3v) is 3.90. The third-order valence-electron chi connectivity index (χ3n) is 3.90. The maximum Gasteiger partial charge on any atom is 0.317 e. The number of anilines is 1. The van der Waals surface area contributed by atoms with Gasteiger partial charge in [0.05, 0.1) is 4.92 Å².